The van der Waals surface area contributed by atoms with E-state index in [0.29, 0.717) is 0 Å². The maximum Gasteiger partial charge on any atom is 0.0541 e. The molecule has 1 aromatic heterocycles. The summed E-state index contributed by atoms with van der Waals surface area (Å²) in [6.07, 6.45) is 0. The van der Waals surface area contributed by atoms with E-state index in [2.05, 4.69) is 180 Å². The van der Waals surface area contributed by atoms with Gasteiger partial charge in [0.15, 0.2) is 0 Å². The number of nitrogens with zero attached hydrogens (tertiary/aromatic N) is 1. The van der Waals surface area contributed by atoms with E-state index in [0.717, 1.165) is 0 Å². The molecule has 0 aliphatic heterocycles. The molecule has 1 heteroatoms. The molecule has 0 radical (unpaired) electrons. The summed E-state index contributed by atoms with van der Waals surface area (Å²) < 4.78 is 2.39. The van der Waals surface area contributed by atoms with Gasteiger partial charge in [-0.2, -0.15) is 0 Å². The van der Waals surface area contributed by atoms with Gasteiger partial charge in [0.25, 0.3) is 0 Å². The Hall–Kier alpha value is -5.92. The molecule has 0 fully saturated rings. The van der Waals surface area contributed by atoms with Gasteiger partial charge in [-0.05, 0) is 97.4 Å². The van der Waals surface area contributed by atoms with Crippen molar-refractivity contribution in [3.05, 3.63) is 176 Å². The first-order valence-corrected chi connectivity index (χ1v) is 15.5. The zero-order valence-electron chi connectivity index (χ0n) is 24.7. The lowest BCUT2D eigenvalue weighted by molar-refractivity contribution is 1.18. The minimum atomic E-state index is 1.17. The Morgan fingerprint density at radius 3 is 1.44 bits per heavy atom. The van der Waals surface area contributed by atoms with Crippen LogP contribution in [0.2, 0.25) is 0 Å². The molecular formula is C44H29N. The Balaban J connectivity index is 1.19. The number of aromatic nitrogens is 1. The molecule has 0 saturated carbocycles. The molecule has 0 bridgehead atoms. The van der Waals surface area contributed by atoms with Crippen LogP contribution in [0.5, 0.6) is 0 Å². The third kappa shape index (κ3) is 4.24. The minimum Gasteiger partial charge on any atom is -0.309 e. The van der Waals surface area contributed by atoms with E-state index in [9.17, 15) is 0 Å². The van der Waals surface area contributed by atoms with Crippen molar-refractivity contribution in [2.75, 3.05) is 0 Å². The molecule has 0 N–H and O–H groups in total. The summed E-state index contributed by atoms with van der Waals surface area (Å²) >= 11 is 0. The highest BCUT2D eigenvalue weighted by atomic mass is 15.0. The maximum atomic E-state index is 2.39. The van der Waals surface area contributed by atoms with Crippen molar-refractivity contribution >= 4 is 43.4 Å². The van der Waals surface area contributed by atoms with E-state index in [-0.39, 0.29) is 0 Å². The quantitative estimate of drug-likeness (QED) is 0.185. The Kier molecular flexibility index (Phi) is 5.89. The van der Waals surface area contributed by atoms with Crippen LogP contribution in [0.3, 0.4) is 0 Å². The summed E-state index contributed by atoms with van der Waals surface area (Å²) in [7, 11) is 0. The normalized spacial score (nSPS) is 11.6. The first-order chi connectivity index (χ1) is 22.3. The second-order valence-corrected chi connectivity index (χ2v) is 11.8. The van der Waals surface area contributed by atoms with Gasteiger partial charge in [0.05, 0.1) is 11.0 Å². The van der Waals surface area contributed by atoms with Gasteiger partial charge >= 0.3 is 0 Å². The molecule has 0 saturated heterocycles. The van der Waals surface area contributed by atoms with Crippen LogP contribution < -0.4 is 0 Å². The van der Waals surface area contributed by atoms with Crippen LogP contribution >= 0.6 is 0 Å². The molecule has 0 atom stereocenters. The van der Waals surface area contributed by atoms with Gasteiger partial charge in [-0.25, -0.2) is 0 Å². The lowest BCUT2D eigenvalue weighted by Gasteiger charge is -2.12. The summed E-state index contributed by atoms with van der Waals surface area (Å²) in [6, 6.07) is 64.0. The van der Waals surface area contributed by atoms with Crippen molar-refractivity contribution in [1.82, 2.24) is 4.57 Å². The highest BCUT2D eigenvalue weighted by molar-refractivity contribution is 6.14. The van der Waals surface area contributed by atoms with Gasteiger partial charge in [-0.3, -0.25) is 0 Å². The number of hydrogen-bond donors (Lipinski definition) is 0. The van der Waals surface area contributed by atoms with Gasteiger partial charge in [0, 0.05) is 16.5 Å². The fraction of sp³-hybridized carbons (Fsp3) is 0. The fourth-order valence-corrected chi connectivity index (χ4v) is 7.00. The van der Waals surface area contributed by atoms with Crippen molar-refractivity contribution < 1.29 is 0 Å². The molecule has 0 unspecified atom stereocenters. The molecule has 210 valence electrons. The van der Waals surface area contributed by atoms with Crippen molar-refractivity contribution in [1.29, 1.82) is 0 Å². The lowest BCUT2D eigenvalue weighted by Crippen LogP contribution is -1.93. The minimum absolute atomic E-state index is 1.17. The van der Waals surface area contributed by atoms with Crippen molar-refractivity contribution in [3.63, 3.8) is 0 Å². The summed E-state index contributed by atoms with van der Waals surface area (Å²) in [6.45, 7) is 0. The van der Waals surface area contributed by atoms with Crippen LogP contribution in [0.25, 0.3) is 82.4 Å². The zero-order valence-corrected chi connectivity index (χ0v) is 24.7. The number of rotatable bonds is 4. The Morgan fingerprint density at radius 1 is 0.289 bits per heavy atom. The summed E-state index contributed by atoms with van der Waals surface area (Å²) in [5, 5.41) is 7.67. The van der Waals surface area contributed by atoms with Gasteiger partial charge in [-0.15, -0.1) is 0 Å². The Bertz CT molecular complexity index is 2500. The number of benzene rings is 8. The number of hydrogen-bond acceptors (Lipinski definition) is 0. The average molecular weight is 572 g/mol. The van der Waals surface area contributed by atoms with E-state index in [1.54, 1.807) is 0 Å². The van der Waals surface area contributed by atoms with Crippen LogP contribution in [0.1, 0.15) is 0 Å². The number of para-hydroxylation sites is 1. The zero-order chi connectivity index (χ0) is 29.7. The van der Waals surface area contributed by atoms with Crippen LogP contribution in [-0.2, 0) is 0 Å². The summed E-state index contributed by atoms with van der Waals surface area (Å²) in [5.74, 6) is 0. The van der Waals surface area contributed by atoms with Crippen LogP contribution in [0, 0.1) is 0 Å². The first kappa shape index (κ1) is 25.6. The topological polar surface area (TPSA) is 4.93 Å². The second kappa shape index (κ2) is 10.4. The highest BCUT2D eigenvalue weighted by Crippen LogP contribution is 2.39. The molecule has 1 heterocycles. The smallest absolute Gasteiger partial charge is 0.0541 e. The van der Waals surface area contributed by atoms with Crippen molar-refractivity contribution in [3.8, 4) is 39.1 Å². The average Bonchev–Trinajstić information content (AvgIpc) is 3.45. The van der Waals surface area contributed by atoms with E-state index in [1.807, 2.05) is 0 Å². The molecule has 0 spiro atoms. The SMILES string of the molecule is c1ccc(-c2ccc3c(c2)c2cc(-c4ccc(-c5cc6ccccc6c6ccccc56)cc4)ccc2n3-c2ccccc2)cc1. The molecule has 1 nitrogen and oxygen atoms in total. The molecule has 9 aromatic rings. The van der Waals surface area contributed by atoms with Gasteiger partial charge < -0.3 is 4.57 Å². The van der Waals surface area contributed by atoms with Gasteiger partial charge in [0.2, 0.25) is 0 Å². The largest absolute Gasteiger partial charge is 0.309 e. The molecule has 9 rings (SSSR count). The van der Waals surface area contributed by atoms with E-state index in [4.69, 9.17) is 0 Å². The summed E-state index contributed by atoms with van der Waals surface area (Å²) in [5.41, 5.74) is 11.0. The van der Waals surface area contributed by atoms with Crippen LogP contribution in [0.15, 0.2) is 176 Å². The van der Waals surface area contributed by atoms with Crippen LogP contribution in [0.4, 0.5) is 0 Å². The fourth-order valence-electron chi connectivity index (χ4n) is 7.00. The second-order valence-electron chi connectivity index (χ2n) is 11.8. The lowest BCUT2D eigenvalue weighted by atomic mass is 9.92. The predicted octanol–water partition coefficient (Wildman–Crippen LogP) is 12.1. The first-order valence-electron chi connectivity index (χ1n) is 15.5. The third-order valence-electron chi connectivity index (χ3n) is 9.18. The van der Waals surface area contributed by atoms with Gasteiger partial charge in [0.1, 0.15) is 0 Å². The van der Waals surface area contributed by atoms with E-state index >= 15 is 0 Å². The van der Waals surface area contributed by atoms with E-state index in [1.165, 1.54) is 82.4 Å². The molecular weight excluding hydrogens is 542 g/mol. The molecule has 0 aliphatic carbocycles. The van der Waals surface area contributed by atoms with Crippen molar-refractivity contribution in [2.45, 2.75) is 0 Å². The van der Waals surface area contributed by atoms with Crippen LogP contribution in [-0.4, -0.2) is 4.57 Å². The Labute approximate surface area is 262 Å². The predicted molar refractivity (Wildman–Crippen MR) is 192 cm³/mol. The van der Waals surface area contributed by atoms with Gasteiger partial charge in [-0.1, -0.05) is 133 Å². The van der Waals surface area contributed by atoms with E-state index < -0.39 is 0 Å². The molecule has 0 amide bonds. The monoisotopic (exact) mass is 571 g/mol. The standard InChI is InChI=1S/C44H29N/c1-3-11-30(12-4-1)33-23-25-43-41(27-33)42-28-34(24-26-44(42)45(43)36-14-5-2-6-15-36)31-19-21-32(22-20-31)40-29-35-13-7-8-16-37(35)38-17-9-10-18-39(38)40/h1-29H. The molecule has 8 aromatic carbocycles. The molecule has 0 aliphatic rings. The molecule has 45 heavy (non-hydrogen) atoms. The van der Waals surface area contributed by atoms with Crippen molar-refractivity contribution in [2.24, 2.45) is 0 Å². The summed E-state index contributed by atoms with van der Waals surface area (Å²) in [4.78, 5) is 0. The Morgan fingerprint density at radius 2 is 0.778 bits per heavy atom. The number of fused-ring (bicyclic) bond motifs is 6. The highest BCUT2D eigenvalue weighted by Gasteiger charge is 2.15. The maximum absolute atomic E-state index is 2.39. The third-order valence-corrected chi connectivity index (χ3v) is 9.18.